The molecule has 2 aliphatic rings. The largest absolute Gasteiger partial charge is 0.454 e. The Morgan fingerprint density at radius 2 is 2.17 bits per heavy atom. The van der Waals surface area contributed by atoms with Crippen molar-refractivity contribution in [3.63, 3.8) is 0 Å². The zero-order chi connectivity index (χ0) is 16.5. The number of carbonyl (C=O) groups is 1. The summed E-state index contributed by atoms with van der Waals surface area (Å²) in [5.74, 6) is 1.60. The van der Waals surface area contributed by atoms with Crippen LogP contribution in [0.2, 0.25) is 0 Å². The van der Waals surface area contributed by atoms with Crippen molar-refractivity contribution < 1.29 is 14.3 Å². The van der Waals surface area contributed by atoms with Crippen molar-refractivity contribution in [2.24, 2.45) is 0 Å². The summed E-state index contributed by atoms with van der Waals surface area (Å²) in [6.07, 6.45) is 5.81. The second-order valence-corrected chi connectivity index (χ2v) is 5.66. The summed E-state index contributed by atoms with van der Waals surface area (Å²) in [4.78, 5) is 22.4. The molecule has 0 saturated heterocycles. The first-order valence-corrected chi connectivity index (χ1v) is 7.66. The van der Waals surface area contributed by atoms with Crippen LogP contribution in [-0.2, 0) is 17.8 Å². The van der Waals surface area contributed by atoms with E-state index in [1.807, 2.05) is 18.2 Å². The molecule has 122 valence electrons. The molecule has 0 aliphatic carbocycles. The van der Waals surface area contributed by atoms with E-state index >= 15 is 0 Å². The van der Waals surface area contributed by atoms with Crippen LogP contribution in [0.1, 0.15) is 16.8 Å². The first-order valence-electron chi connectivity index (χ1n) is 7.66. The lowest BCUT2D eigenvalue weighted by Crippen LogP contribution is -2.35. The predicted molar refractivity (Wildman–Crippen MR) is 87.2 cm³/mol. The molecule has 7 nitrogen and oxygen atoms in total. The molecule has 2 aliphatic heterocycles. The van der Waals surface area contributed by atoms with Gasteiger partial charge in [-0.2, -0.15) is 0 Å². The van der Waals surface area contributed by atoms with Crippen LogP contribution in [0.3, 0.4) is 0 Å². The number of rotatable bonds is 2. The highest BCUT2D eigenvalue weighted by atomic mass is 16.7. The molecule has 4 rings (SSSR count). The number of hydrogen-bond donors (Lipinski definition) is 1. The molecule has 24 heavy (non-hydrogen) atoms. The molecule has 2 N–H and O–H groups in total. The number of nitrogens with two attached hydrogens (primary N) is 1. The SMILES string of the molecule is Nc1ncc2c(n1)CN(C(=O)/C=C/c1ccc3c(c1)OCO3)CC2. The fourth-order valence-electron chi connectivity index (χ4n) is 2.80. The summed E-state index contributed by atoms with van der Waals surface area (Å²) in [7, 11) is 0. The number of nitrogen functional groups attached to an aromatic ring is 1. The van der Waals surface area contributed by atoms with Crippen molar-refractivity contribution in [2.45, 2.75) is 13.0 Å². The highest BCUT2D eigenvalue weighted by molar-refractivity contribution is 5.92. The number of fused-ring (bicyclic) bond motifs is 2. The molecule has 0 atom stereocenters. The van der Waals surface area contributed by atoms with Gasteiger partial charge < -0.3 is 20.1 Å². The maximum Gasteiger partial charge on any atom is 0.246 e. The van der Waals surface area contributed by atoms with E-state index in [0.717, 1.165) is 29.0 Å². The fourth-order valence-corrected chi connectivity index (χ4v) is 2.80. The van der Waals surface area contributed by atoms with Crippen LogP contribution in [0.25, 0.3) is 6.08 Å². The molecular weight excluding hydrogens is 308 g/mol. The zero-order valence-electron chi connectivity index (χ0n) is 12.9. The summed E-state index contributed by atoms with van der Waals surface area (Å²) < 4.78 is 10.6. The van der Waals surface area contributed by atoms with Crippen molar-refractivity contribution >= 4 is 17.9 Å². The predicted octanol–water partition coefficient (Wildman–Crippen LogP) is 1.39. The fraction of sp³-hybridized carbons (Fsp3) is 0.235. The van der Waals surface area contributed by atoms with Crippen LogP contribution in [0.15, 0.2) is 30.5 Å². The van der Waals surface area contributed by atoms with Crippen molar-refractivity contribution in [3.05, 3.63) is 47.3 Å². The Labute approximate surface area is 138 Å². The Hall–Kier alpha value is -3.09. The molecule has 0 spiro atoms. The lowest BCUT2D eigenvalue weighted by Gasteiger charge is -2.26. The summed E-state index contributed by atoms with van der Waals surface area (Å²) >= 11 is 0. The Balaban J connectivity index is 1.46. The van der Waals surface area contributed by atoms with Crippen molar-refractivity contribution in [1.29, 1.82) is 0 Å². The topological polar surface area (TPSA) is 90.6 Å². The minimum Gasteiger partial charge on any atom is -0.454 e. The summed E-state index contributed by atoms with van der Waals surface area (Å²) in [5.41, 5.74) is 8.37. The van der Waals surface area contributed by atoms with E-state index in [-0.39, 0.29) is 18.6 Å². The average Bonchev–Trinajstić information content (AvgIpc) is 3.06. The van der Waals surface area contributed by atoms with E-state index in [9.17, 15) is 4.79 Å². The third-order valence-electron chi connectivity index (χ3n) is 4.09. The Bertz CT molecular complexity index is 835. The van der Waals surface area contributed by atoms with Gasteiger partial charge in [-0.05, 0) is 35.8 Å². The molecule has 3 heterocycles. The average molecular weight is 324 g/mol. The maximum atomic E-state index is 12.4. The van der Waals surface area contributed by atoms with Gasteiger partial charge in [0, 0.05) is 18.8 Å². The Morgan fingerprint density at radius 1 is 1.29 bits per heavy atom. The van der Waals surface area contributed by atoms with Gasteiger partial charge in [-0.3, -0.25) is 4.79 Å². The van der Waals surface area contributed by atoms with E-state index in [4.69, 9.17) is 15.2 Å². The molecule has 1 amide bonds. The van der Waals surface area contributed by atoms with Crippen LogP contribution in [0.4, 0.5) is 5.95 Å². The number of benzene rings is 1. The van der Waals surface area contributed by atoms with Gasteiger partial charge in [0.1, 0.15) is 0 Å². The normalized spacial score (nSPS) is 15.6. The second kappa shape index (κ2) is 5.84. The van der Waals surface area contributed by atoms with Crippen LogP contribution < -0.4 is 15.2 Å². The number of aromatic nitrogens is 2. The van der Waals surface area contributed by atoms with E-state index < -0.39 is 0 Å². The Morgan fingerprint density at radius 3 is 3.08 bits per heavy atom. The second-order valence-electron chi connectivity index (χ2n) is 5.66. The molecule has 0 bridgehead atoms. The van der Waals surface area contributed by atoms with Crippen LogP contribution in [-0.4, -0.2) is 34.1 Å². The summed E-state index contributed by atoms with van der Waals surface area (Å²) in [6, 6.07) is 5.57. The van der Waals surface area contributed by atoms with E-state index in [0.29, 0.717) is 18.8 Å². The van der Waals surface area contributed by atoms with Crippen LogP contribution >= 0.6 is 0 Å². The molecular formula is C17H16N4O3. The third kappa shape index (κ3) is 2.76. The van der Waals surface area contributed by atoms with Gasteiger partial charge >= 0.3 is 0 Å². The smallest absolute Gasteiger partial charge is 0.246 e. The summed E-state index contributed by atoms with van der Waals surface area (Å²) in [6.45, 7) is 1.33. The van der Waals surface area contributed by atoms with Gasteiger partial charge in [0.15, 0.2) is 11.5 Å². The van der Waals surface area contributed by atoms with Gasteiger partial charge in [0.2, 0.25) is 18.6 Å². The standard InChI is InChI=1S/C17H16N4O3/c18-17-19-8-12-5-6-21(9-13(12)20-17)16(22)4-2-11-1-3-14-15(7-11)24-10-23-14/h1-4,7-8H,5-6,9-10H2,(H2,18,19,20)/b4-2+. The number of ether oxygens (including phenoxy) is 2. The minimum absolute atomic E-state index is 0.0597. The zero-order valence-corrected chi connectivity index (χ0v) is 12.9. The van der Waals surface area contributed by atoms with Gasteiger partial charge in [-0.15, -0.1) is 0 Å². The maximum absolute atomic E-state index is 12.4. The van der Waals surface area contributed by atoms with Gasteiger partial charge in [0.05, 0.1) is 12.2 Å². The number of carbonyl (C=O) groups excluding carboxylic acids is 1. The lowest BCUT2D eigenvalue weighted by atomic mass is 10.1. The van der Waals surface area contributed by atoms with Crippen LogP contribution in [0, 0.1) is 0 Å². The van der Waals surface area contributed by atoms with Crippen molar-refractivity contribution in [2.75, 3.05) is 19.1 Å². The number of amides is 1. The third-order valence-corrected chi connectivity index (χ3v) is 4.09. The Kier molecular flexibility index (Phi) is 3.53. The highest BCUT2D eigenvalue weighted by Gasteiger charge is 2.21. The molecule has 0 unspecified atom stereocenters. The monoisotopic (exact) mass is 324 g/mol. The highest BCUT2D eigenvalue weighted by Crippen LogP contribution is 2.32. The summed E-state index contributed by atoms with van der Waals surface area (Å²) in [5, 5.41) is 0. The van der Waals surface area contributed by atoms with Gasteiger partial charge in [-0.25, -0.2) is 9.97 Å². The number of nitrogens with zero attached hydrogens (tertiary/aromatic N) is 3. The number of hydrogen-bond acceptors (Lipinski definition) is 6. The molecule has 0 saturated carbocycles. The quantitative estimate of drug-likeness (QED) is 0.840. The lowest BCUT2D eigenvalue weighted by molar-refractivity contribution is -0.126. The molecule has 0 radical (unpaired) electrons. The van der Waals surface area contributed by atoms with Gasteiger partial charge in [-0.1, -0.05) is 6.07 Å². The van der Waals surface area contributed by atoms with E-state index in [1.165, 1.54) is 0 Å². The number of anilines is 1. The van der Waals surface area contributed by atoms with Crippen LogP contribution in [0.5, 0.6) is 11.5 Å². The minimum atomic E-state index is -0.0597. The molecule has 1 aromatic heterocycles. The molecule has 2 aromatic rings. The first-order chi connectivity index (χ1) is 11.7. The van der Waals surface area contributed by atoms with E-state index in [1.54, 1.807) is 23.2 Å². The van der Waals surface area contributed by atoms with Crippen molar-refractivity contribution in [1.82, 2.24) is 14.9 Å². The molecule has 0 fully saturated rings. The van der Waals surface area contributed by atoms with Gasteiger partial charge in [0.25, 0.3) is 0 Å². The van der Waals surface area contributed by atoms with Crippen molar-refractivity contribution in [3.8, 4) is 11.5 Å². The molecule has 1 aromatic carbocycles. The first kappa shape index (κ1) is 14.5. The molecule has 7 heteroatoms. The van der Waals surface area contributed by atoms with E-state index in [2.05, 4.69) is 9.97 Å².